The summed E-state index contributed by atoms with van der Waals surface area (Å²) in [5.74, 6) is 0.235. The van der Waals surface area contributed by atoms with Crippen molar-refractivity contribution in [2.24, 2.45) is 5.92 Å². The Kier molecular flexibility index (Phi) is 4.66. The molecule has 0 atom stereocenters. The summed E-state index contributed by atoms with van der Waals surface area (Å²) in [6.07, 6.45) is 5.85. The fourth-order valence-electron chi connectivity index (χ4n) is 3.68. The lowest BCUT2D eigenvalue weighted by Crippen LogP contribution is -2.35. The Hall–Kier alpha value is -2.73. The van der Waals surface area contributed by atoms with E-state index in [1.54, 1.807) is 0 Å². The number of rotatable bonds is 3. The van der Waals surface area contributed by atoms with Crippen molar-refractivity contribution >= 4 is 17.2 Å². The number of nitrogens with one attached hydrogen (secondary N) is 1. The molecule has 0 bridgehead atoms. The van der Waals surface area contributed by atoms with Crippen molar-refractivity contribution in [3.63, 3.8) is 0 Å². The Bertz CT molecular complexity index is 968. The molecule has 1 aliphatic rings. The lowest BCUT2D eigenvalue weighted by molar-refractivity contribution is -0.121. The zero-order valence-electron chi connectivity index (χ0n) is 16.1. The molecule has 0 saturated carbocycles. The van der Waals surface area contributed by atoms with Crippen LogP contribution in [0.2, 0.25) is 0 Å². The van der Waals surface area contributed by atoms with Crippen molar-refractivity contribution in [2.75, 3.05) is 25.5 Å². The van der Waals surface area contributed by atoms with E-state index in [0.717, 1.165) is 59.9 Å². The number of carbonyl (C=O) groups excluding carboxylic acids is 1. The molecule has 0 aliphatic carbocycles. The summed E-state index contributed by atoms with van der Waals surface area (Å²) in [7, 11) is 2.10. The predicted octanol–water partition coefficient (Wildman–Crippen LogP) is 3.29. The summed E-state index contributed by atoms with van der Waals surface area (Å²) in [4.78, 5) is 23.9. The van der Waals surface area contributed by atoms with Gasteiger partial charge in [0.1, 0.15) is 0 Å². The highest BCUT2D eigenvalue weighted by molar-refractivity contribution is 5.92. The number of aromatic nitrogens is 3. The lowest BCUT2D eigenvalue weighted by Gasteiger charge is -2.28. The monoisotopic (exact) mass is 363 g/mol. The molecule has 0 radical (unpaired) electrons. The molecule has 3 aromatic rings. The third-order valence-corrected chi connectivity index (χ3v) is 5.26. The van der Waals surface area contributed by atoms with Crippen LogP contribution < -0.4 is 5.32 Å². The van der Waals surface area contributed by atoms with E-state index in [2.05, 4.69) is 22.2 Å². The van der Waals surface area contributed by atoms with Gasteiger partial charge in [0.15, 0.2) is 5.65 Å². The fraction of sp³-hybridized carbons (Fsp3) is 0.381. The van der Waals surface area contributed by atoms with Gasteiger partial charge in [0, 0.05) is 29.6 Å². The van der Waals surface area contributed by atoms with Crippen molar-refractivity contribution in [1.29, 1.82) is 0 Å². The van der Waals surface area contributed by atoms with E-state index >= 15 is 0 Å². The Morgan fingerprint density at radius 3 is 2.48 bits per heavy atom. The number of aryl methyl sites for hydroxylation is 2. The standard InChI is InChI=1S/C21H25N5O/c1-14-12-26-13-19(24-20(26)15(2)22-14)16-4-6-18(7-5-16)23-21(27)17-8-10-25(3)11-9-17/h4-7,12-13,17H,8-11H2,1-3H3,(H,23,27). The summed E-state index contributed by atoms with van der Waals surface area (Å²) in [5.41, 5.74) is 5.52. The maximum absolute atomic E-state index is 12.5. The topological polar surface area (TPSA) is 62.5 Å². The minimum Gasteiger partial charge on any atom is -0.326 e. The van der Waals surface area contributed by atoms with Crippen LogP contribution in [-0.4, -0.2) is 45.3 Å². The van der Waals surface area contributed by atoms with E-state index in [1.807, 2.05) is 54.9 Å². The number of fused-ring (bicyclic) bond motifs is 1. The average molecular weight is 363 g/mol. The minimum absolute atomic E-state index is 0.109. The minimum atomic E-state index is 0.109. The van der Waals surface area contributed by atoms with Crippen molar-refractivity contribution in [1.82, 2.24) is 19.3 Å². The molecule has 3 heterocycles. The molecule has 0 spiro atoms. The molecule has 27 heavy (non-hydrogen) atoms. The van der Waals surface area contributed by atoms with Gasteiger partial charge in [-0.05, 0) is 59.0 Å². The molecule has 1 saturated heterocycles. The van der Waals surface area contributed by atoms with Gasteiger partial charge in [0.2, 0.25) is 5.91 Å². The van der Waals surface area contributed by atoms with E-state index in [0.29, 0.717) is 0 Å². The van der Waals surface area contributed by atoms with Crippen molar-refractivity contribution in [3.8, 4) is 11.3 Å². The average Bonchev–Trinajstić information content (AvgIpc) is 3.07. The number of carbonyl (C=O) groups is 1. The van der Waals surface area contributed by atoms with E-state index in [4.69, 9.17) is 4.98 Å². The number of hydrogen-bond acceptors (Lipinski definition) is 4. The summed E-state index contributed by atoms with van der Waals surface area (Å²) < 4.78 is 2.02. The highest BCUT2D eigenvalue weighted by Gasteiger charge is 2.23. The largest absolute Gasteiger partial charge is 0.326 e. The molecule has 0 unspecified atom stereocenters. The third kappa shape index (κ3) is 3.71. The quantitative estimate of drug-likeness (QED) is 0.776. The van der Waals surface area contributed by atoms with Crippen molar-refractivity contribution in [3.05, 3.63) is 48.0 Å². The van der Waals surface area contributed by atoms with Gasteiger partial charge in [-0.3, -0.25) is 9.78 Å². The van der Waals surface area contributed by atoms with Crippen LogP contribution in [0.15, 0.2) is 36.7 Å². The van der Waals surface area contributed by atoms with E-state index in [1.165, 1.54) is 0 Å². The second-order valence-electron chi connectivity index (χ2n) is 7.47. The van der Waals surface area contributed by atoms with Gasteiger partial charge in [-0.1, -0.05) is 12.1 Å². The summed E-state index contributed by atoms with van der Waals surface area (Å²) in [5, 5.41) is 3.06. The molecule has 140 valence electrons. The molecule has 1 amide bonds. The first-order valence-electron chi connectivity index (χ1n) is 9.42. The first-order valence-corrected chi connectivity index (χ1v) is 9.42. The normalized spacial score (nSPS) is 16.0. The number of nitrogens with zero attached hydrogens (tertiary/aromatic N) is 4. The number of likely N-dealkylation sites (tertiary alicyclic amines) is 1. The molecule has 4 rings (SSSR count). The first-order chi connectivity index (χ1) is 13.0. The van der Waals surface area contributed by atoms with Crippen LogP contribution in [0, 0.1) is 19.8 Å². The maximum atomic E-state index is 12.5. The number of hydrogen-bond donors (Lipinski definition) is 1. The zero-order valence-corrected chi connectivity index (χ0v) is 16.1. The van der Waals surface area contributed by atoms with Gasteiger partial charge >= 0.3 is 0 Å². The Morgan fingerprint density at radius 2 is 1.78 bits per heavy atom. The van der Waals surface area contributed by atoms with Gasteiger partial charge in [-0.15, -0.1) is 0 Å². The molecule has 1 aliphatic heterocycles. The Labute approximate surface area is 159 Å². The summed E-state index contributed by atoms with van der Waals surface area (Å²) in [6.45, 7) is 5.92. The van der Waals surface area contributed by atoms with Gasteiger partial charge < -0.3 is 14.6 Å². The van der Waals surface area contributed by atoms with Crippen LogP contribution >= 0.6 is 0 Å². The molecule has 2 aromatic heterocycles. The molecular formula is C21H25N5O. The first kappa shape index (κ1) is 17.7. The molecule has 1 N–H and O–H groups in total. The number of anilines is 1. The summed E-state index contributed by atoms with van der Waals surface area (Å²) >= 11 is 0. The SMILES string of the molecule is Cc1cn2cc(-c3ccc(NC(=O)C4CCN(C)CC4)cc3)nc2c(C)n1. The van der Waals surface area contributed by atoms with Gasteiger partial charge in [0.25, 0.3) is 0 Å². The molecule has 1 aromatic carbocycles. The molecular weight excluding hydrogens is 338 g/mol. The zero-order chi connectivity index (χ0) is 19.0. The second-order valence-corrected chi connectivity index (χ2v) is 7.47. The molecule has 6 nitrogen and oxygen atoms in total. The molecule has 1 fully saturated rings. The number of benzene rings is 1. The fourth-order valence-corrected chi connectivity index (χ4v) is 3.68. The van der Waals surface area contributed by atoms with E-state index in [-0.39, 0.29) is 11.8 Å². The van der Waals surface area contributed by atoms with E-state index in [9.17, 15) is 4.79 Å². The van der Waals surface area contributed by atoms with Gasteiger partial charge in [-0.2, -0.15) is 0 Å². The van der Waals surface area contributed by atoms with Crippen LogP contribution in [0.3, 0.4) is 0 Å². The number of amides is 1. The van der Waals surface area contributed by atoms with Crippen LogP contribution in [0.5, 0.6) is 0 Å². The van der Waals surface area contributed by atoms with Crippen LogP contribution in [0.25, 0.3) is 16.9 Å². The van der Waals surface area contributed by atoms with Crippen molar-refractivity contribution in [2.45, 2.75) is 26.7 Å². The Morgan fingerprint density at radius 1 is 1.07 bits per heavy atom. The highest BCUT2D eigenvalue weighted by Crippen LogP contribution is 2.23. The Balaban J connectivity index is 1.49. The smallest absolute Gasteiger partial charge is 0.227 e. The van der Waals surface area contributed by atoms with Gasteiger partial charge in [-0.25, -0.2) is 4.98 Å². The highest BCUT2D eigenvalue weighted by atomic mass is 16.1. The number of imidazole rings is 1. The van der Waals surface area contributed by atoms with Crippen LogP contribution in [0.1, 0.15) is 24.2 Å². The van der Waals surface area contributed by atoms with Crippen LogP contribution in [-0.2, 0) is 4.79 Å². The van der Waals surface area contributed by atoms with Crippen LogP contribution in [0.4, 0.5) is 5.69 Å². The second kappa shape index (κ2) is 7.12. The van der Waals surface area contributed by atoms with Gasteiger partial charge in [0.05, 0.1) is 17.1 Å². The van der Waals surface area contributed by atoms with E-state index < -0.39 is 0 Å². The van der Waals surface area contributed by atoms with Crippen molar-refractivity contribution < 1.29 is 4.79 Å². The third-order valence-electron chi connectivity index (χ3n) is 5.26. The predicted molar refractivity (Wildman–Crippen MR) is 107 cm³/mol. The summed E-state index contributed by atoms with van der Waals surface area (Å²) in [6, 6.07) is 7.90. The maximum Gasteiger partial charge on any atom is 0.227 e. The molecule has 6 heteroatoms. The lowest BCUT2D eigenvalue weighted by atomic mass is 9.96. The number of piperidine rings is 1.